The normalized spacial score (nSPS) is 15.7. The van der Waals surface area contributed by atoms with Crippen molar-refractivity contribution in [1.82, 2.24) is 14.8 Å². The predicted octanol–water partition coefficient (Wildman–Crippen LogP) is -0.245. The smallest absolute Gasteiger partial charge is 0.138 e. The van der Waals surface area contributed by atoms with Gasteiger partial charge in [0.15, 0.2) is 0 Å². The van der Waals surface area contributed by atoms with Crippen LogP contribution in [0.2, 0.25) is 0 Å². The third kappa shape index (κ3) is 2.78. The molecule has 13 heavy (non-hydrogen) atoms. The van der Waals surface area contributed by atoms with Crippen LogP contribution in [0.5, 0.6) is 0 Å². The monoisotopic (exact) mass is 185 g/mol. The zero-order valence-electron chi connectivity index (χ0n) is 8.19. The second-order valence-corrected chi connectivity index (χ2v) is 3.41. The van der Waals surface area contributed by atoms with Crippen molar-refractivity contribution in [1.29, 1.82) is 0 Å². The van der Waals surface area contributed by atoms with Gasteiger partial charge in [0.25, 0.3) is 0 Å². The Morgan fingerprint density at radius 2 is 2.38 bits per heavy atom. The van der Waals surface area contributed by atoms with E-state index in [0.717, 1.165) is 5.82 Å². The number of methoxy groups -OCH3 is 1. The fourth-order valence-electron chi connectivity index (χ4n) is 1.18. The SMILES string of the molecule is COCC(C)(O)Cc1ncnn1C. The summed E-state index contributed by atoms with van der Waals surface area (Å²) in [6, 6.07) is 0. The standard InChI is InChI=1S/C8H15N3O2/c1-8(12,5-13-3)4-7-9-6-10-11(7)2/h6,12H,4-5H2,1-3H3. The van der Waals surface area contributed by atoms with Crippen molar-refractivity contribution in [3.05, 3.63) is 12.2 Å². The Bertz CT molecular complexity index is 270. The zero-order chi connectivity index (χ0) is 9.90. The van der Waals surface area contributed by atoms with Crippen LogP contribution in [0, 0.1) is 0 Å². The first-order chi connectivity index (χ1) is 6.05. The molecule has 0 aromatic carbocycles. The van der Waals surface area contributed by atoms with Gasteiger partial charge in [0.05, 0.1) is 12.2 Å². The number of ether oxygens (including phenoxy) is 1. The molecule has 74 valence electrons. The third-order valence-corrected chi connectivity index (χ3v) is 1.80. The van der Waals surface area contributed by atoms with Gasteiger partial charge < -0.3 is 9.84 Å². The molecule has 1 aromatic heterocycles. The molecule has 1 N–H and O–H groups in total. The van der Waals surface area contributed by atoms with Crippen LogP contribution in [-0.2, 0) is 18.2 Å². The highest BCUT2D eigenvalue weighted by molar-refractivity contribution is 4.91. The maximum absolute atomic E-state index is 9.80. The molecule has 0 aliphatic rings. The molecule has 0 fully saturated rings. The van der Waals surface area contributed by atoms with E-state index in [2.05, 4.69) is 10.1 Å². The van der Waals surface area contributed by atoms with Crippen LogP contribution in [0.25, 0.3) is 0 Å². The van der Waals surface area contributed by atoms with Crippen molar-refractivity contribution in [3.63, 3.8) is 0 Å². The fraction of sp³-hybridized carbons (Fsp3) is 0.750. The highest BCUT2D eigenvalue weighted by Gasteiger charge is 2.22. The van der Waals surface area contributed by atoms with Gasteiger partial charge in [0.2, 0.25) is 0 Å². The minimum absolute atomic E-state index is 0.292. The van der Waals surface area contributed by atoms with Gasteiger partial charge in [-0.15, -0.1) is 0 Å². The van der Waals surface area contributed by atoms with Crippen LogP contribution in [0.15, 0.2) is 6.33 Å². The van der Waals surface area contributed by atoms with E-state index in [0.29, 0.717) is 13.0 Å². The number of hydrogen-bond acceptors (Lipinski definition) is 4. The topological polar surface area (TPSA) is 60.2 Å². The van der Waals surface area contributed by atoms with Crippen LogP contribution in [0.3, 0.4) is 0 Å². The first-order valence-electron chi connectivity index (χ1n) is 4.09. The van der Waals surface area contributed by atoms with E-state index < -0.39 is 5.60 Å². The Morgan fingerprint density at radius 3 is 2.85 bits per heavy atom. The summed E-state index contributed by atoms with van der Waals surface area (Å²) in [7, 11) is 3.36. The third-order valence-electron chi connectivity index (χ3n) is 1.80. The van der Waals surface area contributed by atoms with Crippen LogP contribution < -0.4 is 0 Å². The first-order valence-corrected chi connectivity index (χ1v) is 4.09. The number of aliphatic hydroxyl groups is 1. The molecule has 0 bridgehead atoms. The lowest BCUT2D eigenvalue weighted by molar-refractivity contribution is -0.0179. The van der Waals surface area contributed by atoms with Crippen LogP contribution in [-0.4, -0.2) is 39.2 Å². The van der Waals surface area contributed by atoms with E-state index in [1.54, 1.807) is 25.8 Å². The average Bonchev–Trinajstić information content (AvgIpc) is 2.35. The molecule has 0 radical (unpaired) electrons. The first kappa shape index (κ1) is 10.1. The Kier molecular flexibility index (Phi) is 3.00. The summed E-state index contributed by atoms with van der Waals surface area (Å²) in [5.74, 6) is 0.752. The molecule has 1 unspecified atom stereocenters. The summed E-state index contributed by atoms with van der Waals surface area (Å²) in [5.41, 5.74) is -0.879. The molecular formula is C8H15N3O2. The Morgan fingerprint density at radius 1 is 1.69 bits per heavy atom. The molecule has 5 nitrogen and oxygen atoms in total. The lowest BCUT2D eigenvalue weighted by Gasteiger charge is -2.21. The van der Waals surface area contributed by atoms with E-state index >= 15 is 0 Å². The minimum atomic E-state index is -0.879. The molecule has 1 heterocycles. The molecule has 0 amide bonds. The maximum atomic E-state index is 9.80. The van der Waals surface area contributed by atoms with Gasteiger partial charge >= 0.3 is 0 Å². The summed E-state index contributed by atoms with van der Waals surface area (Å²) >= 11 is 0. The fourth-order valence-corrected chi connectivity index (χ4v) is 1.18. The molecule has 1 aromatic rings. The summed E-state index contributed by atoms with van der Waals surface area (Å²) in [5, 5.41) is 13.7. The molecule has 1 rings (SSSR count). The van der Waals surface area contributed by atoms with Gasteiger partial charge in [-0.25, -0.2) is 4.98 Å². The summed E-state index contributed by atoms with van der Waals surface area (Å²) in [4.78, 5) is 4.02. The van der Waals surface area contributed by atoms with Crippen molar-refractivity contribution in [2.45, 2.75) is 18.9 Å². The highest BCUT2D eigenvalue weighted by atomic mass is 16.5. The lowest BCUT2D eigenvalue weighted by Crippen LogP contribution is -2.33. The van der Waals surface area contributed by atoms with E-state index in [-0.39, 0.29) is 0 Å². The van der Waals surface area contributed by atoms with Gasteiger partial charge in [-0.3, -0.25) is 4.68 Å². The van der Waals surface area contributed by atoms with Crippen molar-refractivity contribution in [3.8, 4) is 0 Å². The number of nitrogens with zero attached hydrogens (tertiary/aromatic N) is 3. The quantitative estimate of drug-likeness (QED) is 0.703. The Balaban J connectivity index is 2.63. The number of rotatable bonds is 4. The molecular weight excluding hydrogens is 170 g/mol. The van der Waals surface area contributed by atoms with E-state index in [1.807, 2.05) is 0 Å². The van der Waals surface area contributed by atoms with Gasteiger partial charge in [-0.05, 0) is 6.92 Å². The van der Waals surface area contributed by atoms with E-state index in [1.165, 1.54) is 6.33 Å². The second kappa shape index (κ2) is 3.85. The van der Waals surface area contributed by atoms with Crippen LogP contribution >= 0.6 is 0 Å². The summed E-state index contributed by atoms with van der Waals surface area (Å²) in [6.45, 7) is 2.00. The Labute approximate surface area is 77.4 Å². The van der Waals surface area contributed by atoms with Gasteiger partial charge in [0.1, 0.15) is 12.2 Å². The van der Waals surface area contributed by atoms with E-state index in [4.69, 9.17) is 4.74 Å². The summed E-state index contributed by atoms with van der Waals surface area (Å²) in [6.07, 6.45) is 1.91. The van der Waals surface area contributed by atoms with Gasteiger partial charge in [0, 0.05) is 20.6 Å². The second-order valence-electron chi connectivity index (χ2n) is 3.41. The van der Waals surface area contributed by atoms with Crippen molar-refractivity contribution >= 4 is 0 Å². The molecule has 0 aliphatic heterocycles. The Hall–Kier alpha value is -0.940. The largest absolute Gasteiger partial charge is 0.387 e. The molecule has 0 saturated heterocycles. The van der Waals surface area contributed by atoms with Gasteiger partial charge in [-0.2, -0.15) is 5.10 Å². The van der Waals surface area contributed by atoms with E-state index in [9.17, 15) is 5.11 Å². The molecule has 1 atom stereocenters. The van der Waals surface area contributed by atoms with Crippen molar-refractivity contribution in [2.24, 2.45) is 7.05 Å². The number of hydrogen-bond donors (Lipinski definition) is 1. The van der Waals surface area contributed by atoms with Crippen molar-refractivity contribution < 1.29 is 9.84 Å². The highest BCUT2D eigenvalue weighted by Crippen LogP contribution is 2.10. The molecule has 0 saturated carbocycles. The van der Waals surface area contributed by atoms with Gasteiger partial charge in [-0.1, -0.05) is 0 Å². The average molecular weight is 185 g/mol. The van der Waals surface area contributed by atoms with Crippen LogP contribution in [0.1, 0.15) is 12.7 Å². The molecule has 0 spiro atoms. The minimum Gasteiger partial charge on any atom is -0.387 e. The lowest BCUT2D eigenvalue weighted by atomic mass is 10.0. The summed E-state index contributed by atoms with van der Waals surface area (Å²) < 4.78 is 6.53. The molecule has 0 aliphatic carbocycles. The number of aryl methyl sites for hydroxylation is 1. The van der Waals surface area contributed by atoms with Crippen LogP contribution in [0.4, 0.5) is 0 Å². The predicted molar refractivity (Wildman–Crippen MR) is 47.2 cm³/mol. The molecule has 5 heteroatoms. The maximum Gasteiger partial charge on any atom is 0.138 e. The number of aromatic nitrogens is 3. The van der Waals surface area contributed by atoms with Crippen molar-refractivity contribution in [2.75, 3.05) is 13.7 Å². The zero-order valence-corrected chi connectivity index (χ0v) is 8.19.